The zero-order chi connectivity index (χ0) is 14.9. The van der Waals surface area contributed by atoms with Crippen LogP contribution in [0.15, 0.2) is 59.6 Å². The van der Waals surface area contributed by atoms with Crippen LogP contribution in [-0.2, 0) is 4.79 Å². The fourth-order valence-electron chi connectivity index (χ4n) is 1.96. The van der Waals surface area contributed by atoms with E-state index in [4.69, 9.17) is 0 Å². The third kappa shape index (κ3) is 5.60. The molecule has 1 aromatic heterocycles. The predicted molar refractivity (Wildman–Crippen MR) is 87.2 cm³/mol. The molecule has 2 rings (SSSR count). The van der Waals surface area contributed by atoms with Crippen LogP contribution < -0.4 is 5.32 Å². The first kappa shape index (κ1) is 15.6. The van der Waals surface area contributed by atoms with E-state index >= 15 is 0 Å². The highest BCUT2D eigenvalue weighted by Crippen LogP contribution is 2.18. The summed E-state index contributed by atoms with van der Waals surface area (Å²) >= 11 is 1.79. The molecule has 0 saturated carbocycles. The lowest BCUT2D eigenvalue weighted by Gasteiger charge is -2.13. The highest BCUT2D eigenvalue weighted by Gasteiger charge is 2.09. The van der Waals surface area contributed by atoms with Crippen molar-refractivity contribution in [3.05, 3.63) is 60.4 Å². The van der Waals surface area contributed by atoms with Crippen molar-refractivity contribution in [2.75, 3.05) is 5.75 Å². The summed E-state index contributed by atoms with van der Waals surface area (Å²) in [5, 5.41) is 2.98. The molecule has 3 nitrogen and oxygen atoms in total. The van der Waals surface area contributed by atoms with Crippen molar-refractivity contribution >= 4 is 17.7 Å². The molecule has 1 atom stereocenters. The van der Waals surface area contributed by atoms with Crippen molar-refractivity contribution < 1.29 is 4.79 Å². The summed E-state index contributed by atoms with van der Waals surface area (Å²) in [6.07, 6.45) is 3.17. The number of carbonyl (C=O) groups excluding carboxylic acids is 1. The van der Waals surface area contributed by atoms with Crippen LogP contribution in [0.5, 0.6) is 0 Å². The van der Waals surface area contributed by atoms with E-state index in [0.717, 1.165) is 17.9 Å². The van der Waals surface area contributed by atoms with E-state index in [1.807, 2.05) is 43.3 Å². The van der Waals surface area contributed by atoms with Crippen molar-refractivity contribution in [2.45, 2.75) is 30.7 Å². The van der Waals surface area contributed by atoms with Gasteiger partial charge in [-0.2, -0.15) is 0 Å². The number of benzene rings is 1. The van der Waals surface area contributed by atoms with E-state index < -0.39 is 0 Å². The minimum absolute atomic E-state index is 0.0412. The zero-order valence-corrected chi connectivity index (χ0v) is 13.0. The number of thioether (sulfide) groups is 1. The van der Waals surface area contributed by atoms with Crippen LogP contribution in [0.2, 0.25) is 0 Å². The van der Waals surface area contributed by atoms with Gasteiger partial charge in [0.15, 0.2) is 0 Å². The summed E-state index contributed by atoms with van der Waals surface area (Å²) in [5.74, 6) is 1.04. The number of aromatic nitrogens is 1. The molecule has 21 heavy (non-hydrogen) atoms. The van der Waals surface area contributed by atoms with Crippen molar-refractivity contribution in [1.29, 1.82) is 0 Å². The number of pyridine rings is 1. The van der Waals surface area contributed by atoms with E-state index in [-0.39, 0.29) is 11.9 Å². The Morgan fingerprint density at radius 1 is 1.19 bits per heavy atom. The molecule has 1 heterocycles. The first-order valence-electron chi connectivity index (χ1n) is 7.14. The van der Waals surface area contributed by atoms with Gasteiger partial charge in [0.05, 0.1) is 11.7 Å². The predicted octanol–water partition coefficient (Wildman–Crippen LogP) is 3.83. The number of rotatable bonds is 7. The van der Waals surface area contributed by atoms with Crippen LogP contribution in [0.4, 0.5) is 0 Å². The molecule has 1 N–H and O–H groups in total. The topological polar surface area (TPSA) is 42.0 Å². The Kier molecular flexibility index (Phi) is 6.28. The minimum Gasteiger partial charge on any atom is -0.348 e. The van der Waals surface area contributed by atoms with Gasteiger partial charge in [-0.05, 0) is 43.4 Å². The van der Waals surface area contributed by atoms with E-state index in [1.165, 1.54) is 4.90 Å². The van der Waals surface area contributed by atoms with Crippen molar-refractivity contribution in [1.82, 2.24) is 10.3 Å². The van der Waals surface area contributed by atoms with Crippen LogP contribution in [-0.4, -0.2) is 16.6 Å². The standard InChI is InChI=1S/C17H20N2OS/c1-14(16-10-5-6-12-18-16)19-17(20)11-7-13-21-15-8-3-2-4-9-15/h2-6,8-10,12,14H,7,11,13H2,1H3,(H,19,20)/t14-/m0/s1. The van der Waals surface area contributed by atoms with Gasteiger partial charge in [-0.25, -0.2) is 0 Å². The molecule has 0 aliphatic heterocycles. The maximum Gasteiger partial charge on any atom is 0.220 e. The van der Waals surface area contributed by atoms with E-state index in [1.54, 1.807) is 18.0 Å². The van der Waals surface area contributed by atoms with E-state index in [2.05, 4.69) is 22.4 Å². The average Bonchev–Trinajstić information content (AvgIpc) is 2.53. The third-order valence-electron chi connectivity index (χ3n) is 3.07. The molecule has 1 amide bonds. The summed E-state index contributed by atoms with van der Waals surface area (Å²) in [5.41, 5.74) is 0.893. The average molecular weight is 300 g/mol. The van der Waals surface area contributed by atoms with Crippen LogP contribution >= 0.6 is 11.8 Å². The summed E-state index contributed by atoms with van der Waals surface area (Å²) in [6.45, 7) is 1.96. The van der Waals surface area contributed by atoms with Crippen LogP contribution in [0.1, 0.15) is 31.5 Å². The van der Waals surface area contributed by atoms with Gasteiger partial charge in [-0.3, -0.25) is 9.78 Å². The quantitative estimate of drug-likeness (QED) is 0.624. The number of nitrogens with one attached hydrogen (secondary N) is 1. The van der Waals surface area contributed by atoms with Gasteiger partial charge in [0.1, 0.15) is 0 Å². The number of hydrogen-bond donors (Lipinski definition) is 1. The summed E-state index contributed by atoms with van der Waals surface area (Å²) in [6, 6.07) is 15.9. The Labute approximate surface area is 130 Å². The van der Waals surface area contributed by atoms with Gasteiger partial charge < -0.3 is 5.32 Å². The lowest BCUT2D eigenvalue weighted by molar-refractivity contribution is -0.121. The summed E-state index contributed by atoms with van der Waals surface area (Å²) in [7, 11) is 0. The Bertz CT molecular complexity index is 545. The Morgan fingerprint density at radius 2 is 1.95 bits per heavy atom. The number of carbonyl (C=O) groups is 1. The van der Waals surface area contributed by atoms with Gasteiger partial charge in [-0.1, -0.05) is 24.3 Å². The van der Waals surface area contributed by atoms with Crippen molar-refractivity contribution in [3.8, 4) is 0 Å². The van der Waals surface area contributed by atoms with Gasteiger partial charge in [0, 0.05) is 17.5 Å². The molecule has 4 heteroatoms. The molecular weight excluding hydrogens is 280 g/mol. The lowest BCUT2D eigenvalue weighted by atomic mass is 10.2. The first-order chi connectivity index (χ1) is 10.3. The molecule has 0 aliphatic carbocycles. The normalized spacial score (nSPS) is 11.9. The molecule has 0 bridgehead atoms. The van der Waals surface area contributed by atoms with E-state index in [9.17, 15) is 4.79 Å². The number of amides is 1. The molecule has 0 saturated heterocycles. The molecule has 0 unspecified atom stereocenters. The second-order valence-electron chi connectivity index (χ2n) is 4.81. The zero-order valence-electron chi connectivity index (χ0n) is 12.2. The van der Waals surface area contributed by atoms with Crippen LogP contribution in [0.3, 0.4) is 0 Å². The first-order valence-corrected chi connectivity index (χ1v) is 8.12. The number of nitrogens with zero attached hydrogens (tertiary/aromatic N) is 1. The Morgan fingerprint density at radius 3 is 2.67 bits per heavy atom. The maximum absolute atomic E-state index is 11.9. The fourth-order valence-corrected chi connectivity index (χ4v) is 2.83. The molecule has 0 radical (unpaired) electrons. The monoisotopic (exact) mass is 300 g/mol. The lowest BCUT2D eigenvalue weighted by Crippen LogP contribution is -2.26. The SMILES string of the molecule is C[C@H](NC(=O)CCCSc1ccccc1)c1ccccn1. The maximum atomic E-state index is 11.9. The van der Waals surface area contributed by atoms with Crippen molar-refractivity contribution in [3.63, 3.8) is 0 Å². The third-order valence-corrected chi connectivity index (χ3v) is 4.17. The molecule has 110 valence electrons. The summed E-state index contributed by atoms with van der Waals surface area (Å²) < 4.78 is 0. The Balaban J connectivity index is 1.66. The van der Waals surface area contributed by atoms with Gasteiger partial charge in [0.2, 0.25) is 5.91 Å². The number of hydrogen-bond acceptors (Lipinski definition) is 3. The smallest absolute Gasteiger partial charge is 0.220 e. The van der Waals surface area contributed by atoms with E-state index in [0.29, 0.717) is 6.42 Å². The van der Waals surface area contributed by atoms with Crippen LogP contribution in [0, 0.1) is 0 Å². The molecule has 0 fully saturated rings. The van der Waals surface area contributed by atoms with Crippen molar-refractivity contribution in [2.24, 2.45) is 0 Å². The Hall–Kier alpha value is -1.81. The van der Waals surface area contributed by atoms with Gasteiger partial charge in [0.25, 0.3) is 0 Å². The second-order valence-corrected chi connectivity index (χ2v) is 5.98. The van der Waals surface area contributed by atoms with Gasteiger partial charge >= 0.3 is 0 Å². The van der Waals surface area contributed by atoms with Crippen LogP contribution in [0.25, 0.3) is 0 Å². The highest BCUT2D eigenvalue weighted by atomic mass is 32.2. The molecular formula is C17H20N2OS. The fraction of sp³-hybridized carbons (Fsp3) is 0.294. The molecule has 1 aromatic carbocycles. The molecule has 0 aliphatic rings. The summed E-state index contributed by atoms with van der Waals surface area (Å²) in [4.78, 5) is 17.4. The second kappa shape index (κ2) is 8.47. The largest absolute Gasteiger partial charge is 0.348 e. The molecule has 2 aromatic rings. The highest BCUT2D eigenvalue weighted by molar-refractivity contribution is 7.99. The van der Waals surface area contributed by atoms with Gasteiger partial charge in [-0.15, -0.1) is 11.8 Å². The minimum atomic E-state index is -0.0412. The molecule has 0 spiro atoms.